The first-order chi connectivity index (χ1) is 17.7. The molecule has 1 aliphatic rings. The number of aromatic nitrogens is 2. The zero-order valence-corrected chi connectivity index (χ0v) is 22.8. The molecule has 0 saturated carbocycles. The van der Waals surface area contributed by atoms with Crippen LogP contribution in [0.1, 0.15) is 40.3 Å². The van der Waals surface area contributed by atoms with Crippen molar-refractivity contribution in [2.75, 3.05) is 15.9 Å². The van der Waals surface area contributed by atoms with Crippen molar-refractivity contribution in [1.29, 1.82) is 0 Å². The monoisotopic (exact) mass is 531 g/mol. The lowest BCUT2D eigenvalue weighted by Gasteiger charge is -2.29. The second kappa shape index (κ2) is 9.64. The quantitative estimate of drug-likeness (QED) is 0.327. The molecular weight excluding hydrogens is 502 g/mol. The van der Waals surface area contributed by atoms with Crippen molar-refractivity contribution in [3.63, 3.8) is 0 Å². The third-order valence-electron chi connectivity index (χ3n) is 6.86. The van der Waals surface area contributed by atoms with Crippen molar-refractivity contribution in [3.05, 3.63) is 107 Å². The molecule has 0 bridgehead atoms. The van der Waals surface area contributed by atoms with Crippen LogP contribution in [0.5, 0.6) is 0 Å². The van der Waals surface area contributed by atoms with Gasteiger partial charge in [0.1, 0.15) is 0 Å². The number of hydrogen-bond donors (Lipinski definition) is 2. The lowest BCUT2D eigenvalue weighted by molar-refractivity contribution is 0.563. The molecule has 0 amide bonds. The fraction of sp³-hybridized carbons (Fsp3) is 0.214. The van der Waals surface area contributed by atoms with E-state index in [2.05, 4.69) is 57.4 Å². The van der Waals surface area contributed by atoms with E-state index in [1.165, 1.54) is 16.8 Å². The predicted molar refractivity (Wildman–Crippen MR) is 153 cm³/mol. The van der Waals surface area contributed by atoms with Gasteiger partial charge in [-0.05, 0) is 87.1 Å². The van der Waals surface area contributed by atoms with Gasteiger partial charge in [-0.3, -0.25) is 9.71 Å². The molecule has 5 rings (SSSR count). The van der Waals surface area contributed by atoms with E-state index >= 15 is 0 Å². The van der Waals surface area contributed by atoms with Crippen molar-refractivity contribution < 1.29 is 8.42 Å². The first kappa shape index (κ1) is 25.0. The molecule has 190 valence electrons. The molecular formula is C28H29N5O2S2. The minimum absolute atomic E-state index is 0.167. The number of pyridine rings is 1. The number of thiocarbonyl (C=S) groups is 1. The maximum absolute atomic E-state index is 11.7. The molecule has 0 aliphatic carbocycles. The highest BCUT2D eigenvalue weighted by molar-refractivity contribution is 7.92. The average molecular weight is 532 g/mol. The van der Waals surface area contributed by atoms with Crippen LogP contribution >= 0.6 is 12.2 Å². The number of anilines is 2. The summed E-state index contributed by atoms with van der Waals surface area (Å²) >= 11 is 5.89. The highest BCUT2D eigenvalue weighted by Gasteiger charge is 2.43. The van der Waals surface area contributed by atoms with Gasteiger partial charge in [0.15, 0.2) is 5.11 Å². The molecule has 4 aromatic rings. The Hall–Kier alpha value is -3.69. The Morgan fingerprint density at radius 1 is 0.892 bits per heavy atom. The fourth-order valence-electron chi connectivity index (χ4n) is 5.24. The maximum atomic E-state index is 11.7. The molecule has 9 heteroatoms. The molecule has 2 aromatic carbocycles. The molecule has 1 fully saturated rings. The summed E-state index contributed by atoms with van der Waals surface area (Å²) in [6.07, 6.45) is 2.94. The van der Waals surface area contributed by atoms with Gasteiger partial charge in [0, 0.05) is 40.2 Å². The molecule has 1 aliphatic heterocycles. The van der Waals surface area contributed by atoms with Crippen LogP contribution in [0.3, 0.4) is 0 Å². The minimum Gasteiger partial charge on any atom is -0.351 e. The van der Waals surface area contributed by atoms with Gasteiger partial charge in [0.25, 0.3) is 0 Å². The van der Waals surface area contributed by atoms with Crippen LogP contribution in [-0.2, 0) is 10.0 Å². The summed E-state index contributed by atoms with van der Waals surface area (Å²) in [6, 6.07) is 23.2. The number of hydrogen-bond acceptors (Lipinski definition) is 4. The topological polar surface area (TPSA) is 79.3 Å². The number of nitrogens with one attached hydrogen (secondary N) is 2. The summed E-state index contributed by atoms with van der Waals surface area (Å²) < 4.78 is 28.2. The lowest BCUT2D eigenvalue weighted by atomic mass is 9.93. The van der Waals surface area contributed by atoms with Crippen LogP contribution in [0.4, 0.5) is 11.4 Å². The van der Waals surface area contributed by atoms with Crippen LogP contribution in [0, 0.1) is 20.8 Å². The van der Waals surface area contributed by atoms with Gasteiger partial charge >= 0.3 is 0 Å². The normalized spacial score (nSPS) is 17.6. The Balaban J connectivity index is 1.66. The lowest BCUT2D eigenvalue weighted by Crippen LogP contribution is -2.29. The van der Waals surface area contributed by atoms with E-state index in [1.54, 1.807) is 18.3 Å². The van der Waals surface area contributed by atoms with Crippen LogP contribution < -0.4 is 14.9 Å². The Kier molecular flexibility index (Phi) is 6.51. The summed E-state index contributed by atoms with van der Waals surface area (Å²) in [6.45, 7) is 6.45. The largest absolute Gasteiger partial charge is 0.351 e. The first-order valence-corrected chi connectivity index (χ1v) is 14.3. The Morgan fingerprint density at radius 3 is 2.19 bits per heavy atom. The predicted octanol–water partition coefficient (Wildman–Crippen LogP) is 5.35. The number of nitrogens with zero attached hydrogens (tertiary/aromatic N) is 3. The smallest absolute Gasteiger partial charge is 0.229 e. The molecule has 2 aromatic heterocycles. The summed E-state index contributed by atoms with van der Waals surface area (Å²) in [5, 5.41) is 4.11. The van der Waals surface area contributed by atoms with Gasteiger partial charge in [-0.2, -0.15) is 0 Å². The van der Waals surface area contributed by atoms with Gasteiger partial charge in [0.2, 0.25) is 10.0 Å². The summed E-state index contributed by atoms with van der Waals surface area (Å²) in [7, 11) is -3.37. The Morgan fingerprint density at radius 2 is 1.57 bits per heavy atom. The van der Waals surface area contributed by atoms with Crippen molar-refractivity contribution in [3.8, 4) is 5.69 Å². The van der Waals surface area contributed by atoms with Crippen molar-refractivity contribution in [2.24, 2.45) is 0 Å². The third-order valence-corrected chi connectivity index (χ3v) is 7.79. The molecule has 37 heavy (non-hydrogen) atoms. The van der Waals surface area contributed by atoms with Gasteiger partial charge < -0.3 is 14.8 Å². The zero-order chi connectivity index (χ0) is 26.3. The van der Waals surface area contributed by atoms with Gasteiger partial charge in [-0.25, -0.2) is 8.42 Å². The highest BCUT2D eigenvalue weighted by atomic mass is 32.2. The van der Waals surface area contributed by atoms with Crippen LogP contribution in [0.2, 0.25) is 0 Å². The van der Waals surface area contributed by atoms with E-state index in [4.69, 9.17) is 12.2 Å². The number of para-hydroxylation sites is 1. The number of benzene rings is 2. The Bertz CT molecular complexity index is 1550. The Labute approximate surface area is 223 Å². The maximum Gasteiger partial charge on any atom is 0.229 e. The molecule has 1 saturated heterocycles. The summed E-state index contributed by atoms with van der Waals surface area (Å²) in [5.74, 6) is 0. The minimum atomic E-state index is -3.37. The van der Waals surface area contributed by atoms with E-state index < -0.39 is 10.0 Å². The van der Waals surface area contributed by atoms with Crippen LogP contribution in [-0.4, -0.2) is 29.3 Å². The molecule has 0 spiro atoms. The fourth-order valence-corrected chi connectivity index (χ4v) is 6.15. The first-order valence-electron chi connectivity index (χ1n) is 12.0. The second-order valence-electron chi connectivity index (χ2n) is 9.30. The van der Waals surface area contributed by atoms with Crippen LogP contribution in [0.15, 0.2) is 79.0 Å². The number of rotatable bonds is 6. The molecule has 0 radical (unpaired) electrons. The SMILES string of the molecule is Cc1c([C@@H]2[C@H](c3ccccn3)NC(=S)N2c2ccc(NS(C)(=O)=O)cc2)c(C)n(-c2ccccc2)c1C. The van der Waals surface area contributed by atoms with E-state index in [0.29, 0.717) is 10.8 Å². The van der Waals surface area contributed by atoms with Crippen molar-refractivity contribution in [1.82, 2.24) is 14.9 Å². The van der Waals surface area contributed by atoms with Gasteiger partial charge in [0.05, 0.1) is 24.0 Å². The molecule has 0 unspecified atom stereocenters. The van der Waals surface area contributed by atoms with E-state index in [9.17, 15) is 8.42 Å². The van der Waals surface area contributed by atoms with E-state index in [0.717, 1.165) is 29.0 Å². The van der Waals surface area contributed by atoms with E-state index in [-0.39, 0.29) is 12.1 Å². The molecule has 3 heterocycles. The number of sulfonamides is 1. The van der Waals surface area contributed by atoms with E-state index in [1.807, 2.05) is 48.5 Å². The van der Waals surface area contributed by atoms with Crippen molar-refractivity contribution in [2.45, 2.75) is 32.9 Å². The van der Waals surface area contributed by atoms with Crippen molar-refractivity contribution >= 4 is 38.7 Å². The zero-order valence-electron chi connectivity index (χ0n) is 21.1. The third kappa shape index (κ3) is 4.72. The van der Waals surface area contributed by atoms with Crippen LogP contribution in [0.25, 0.3) is 5.69 Å². The summed E-state index contributed by atoms with van der Waals surface area (Å²) in [5.41, 5.74) is 8.06. The van der Waals surface area contributed by atoms with Gasteiger partial charge in [-0.15, -0.1) is 0 Å². The standard InChI is InChI=1S/C28H29N5O2S2/c1-18-19(2)32(22-10-6-5-7-11-22)20(3)25(18)27-26(24-12-8-9-17-29-24)30-28(36)33(27)23-15-13-21(14-16-23)31-37(4,34)35/h5-17,26-27,31H,1-4H3,(H,30,36)/t26-,27+/m0/s1. The molecule has 7 nitrogen and oxygen atoms in total. The summed E-state index contributed by atoms with van der Waals surface area (Å²) in [4.78, 5) is 6.78. The molecule has 2 N–H and O–H groups in total. The second-order valence-corrected chi connectivity index (χ2v) is 11.4. The molecule has 2 atom stereocenters. The average Bonchev–Trinajstić information content (AvgIpc) is 3.32. The highest BCUT2D eigenvalue weighted by Crippen LogP contribution is 2.45. The van der Waals surface area contributed by atoms with Gasteiger partial charge in [-0.1, -0.05) is 24.3 Å².